The lowest BCUT2D eigenvalue weighted by molar-refractivity contribution is -0.118. The molecule has 1 saturated heterocycles. The van der Waals surface area contributed by atoms with Crippen molar-refractivity contribution in [3.63, 3.8) is 0 Å². The number of phosphoric acid groups is 1. The molecule has 1 aromatic heterocycles. The van der Waals surface area contributed by atoms with E-state index in [2.05, 4.69) is 31.1 Å². The first-order valence-electron chi connectivity index (χ1n) is 14.1. The third-order valence-electron chi connectivity index (χ3n) is 8.28. The number of carbonyl (C=O) groups is 1. The summed E-state index contributed by atoms with van der Waals surface area (Å²) in [5.41, 5.74) is 5.08. The molecule has 2 unspecified atom stereocenters. The standard InChI is InChI=1S/C29H37N4O7PS/c1-4-42(38,39)22-7-5-6-20(15-22)24-16-23(19(3)27-26(24)25-14-18(2)17-30-28(25)32-27)29(34)31-21-8-10-33(11-9-21)12-13-40-41(35,36)37/h5-7,14-17,21,26-27H,4,8-13H2,1-3H3,(H,30,32)(H,31,34)(H2,35,36,37). The van der Waals surface area contributed by atoms with Crippen molar-refractivity contribution in [3.05, 3.63) is 70.4 Å². The molecule has 13 heteroatoms. The Morgan fingerprint density at radius 1 is 1.21 bits per heavy atom. The maximum Gasteiger partial charge on any atom is 0.469 e. The van der Waals surface area contributed by atoms with Crippen LogP contribution in [0.5, 0.6) is 0 Å². The van der Waals surface area contributed by atoms with Crippen LogP contribution in [0.15, 0.2) is 58.6 Å². The van der Waals surface area contributed by atoms with Gasteiger partial charge >= 0.3 is 7.82 Å². The van der Waals surface area contributed by atoms with E-state index >= 15 is 0 Å². The summed E-state index contributed by atoms with van der Waals surface area (Å²) in [7, 11) is -7.91. The Balaban J connectivity index is 1.40. The molecule has 0 radical (unpaired) electrons. The van der Waals surface area contributed by atoms with Crippen molar-refractivity contribution in [3.8, 4) is 0 Å². The monoisotopic (exact) mass is 616 g/mol. The molecule has 5 rings (SSSR count). The van der Waals surface area contributed by atoms with E-state index < -0.39 is 17.7 Å². The molecule has 0 bridgehead atoms. The van der Waals surface area contributed by atoms with Gasteiger partial charge in [0.05, 0.1) is 23.3 Å². The lowest BCUT2D eigenvalue weighted by atomic mass is 9.75. The molecular weight excluding hydrogens is 579 g/mol. The molecular formula is C29H37N4O7PS. The number of nitrogens with zero attached hydrogens (tertiary/aromatic N) is 2. The Morgan fingerprint density at radius 3 is 2.64 bits per heavy atom. The number of benzene rings is 1. The van der Waals surface area contributed by atoms with Gasteiger partial charge in [-0.15, -0.1) is 0 Å². The first kappa shape index (κ1) is 30.6. The number of rotatable bonds is 9. The summed E-state index contributed by atoms with van der Waals surface area (Å²) in [4.78, 5) is 38.4. The molecule has 11 nitrogen and oxygen atoms in total. The van der Waals surface area contributed by atoms with Crippen LogP contribution >= 0.6 is 7.82 Å². The minimum Gasteiger partial charge on any atom is -0.362 e. The van der Waals surface area contributed by atoms with E-state index in [0.29, 0.717) is 38.0 Å². The molecule has 1 aliphatic carbocycles. The van der Waals surface area contributed by atoms with Crippen molar-refractivity contribution in [2.75, 3.05) is 37.3 Å². The van der Waals surface area contributed by atoms with Crippen molar-refractivity contribution >= 4 is 35.0 Å². The lowest BCUT2D eigenvalue weighted by Crippen LogP contribution is -2.46. The third-order valence-corrected chi connectivity index (χ3v) is 10.5. The number of likely N-dealkylation sites (tertiary alicyclic amines) is 1. The zero-order valence-corrected chi connectivity index (χ0v) is 25.6. The van der Waals surface area contributed by atoms with Crippen LogP contribution in [0, 0.1) is 6.92 Å². The van der Waals surface area contributed by atoms with Gasteiger partial charge in [-0.2, -0.15) is 0 Å². The Morgan fingerprint density at radius 2 is 1.95 bits per heavy atom. The average Bonchev–Trinajstić information content (AvgIpc) is 3.33. The zero-order chi connectivity index (χ0) is 30.2. The van der Waals surface area contributed by atoms with Crippen LogP contribution in [0.1, 0.15) is 49.3 Å². The molecule has 1 fully saturated rings. The maximum absolute atomic E-state index is 13.7. The Bertz CT molecular complexity index is 1590. The summed E-state index contributed by atoms with van der Waals surface area (Å²) in [5, 5.41) is 6.70. The van der Waals surface area contributed by atoms with Crippen LogP contribution in [-0.2, 0) is 23.7 Å². The number of phosphoric ester groups is 1. The van der Waals surface area contributed by atoms with Crippen molar-refractivity contribution in [1.29, 1.82) is 0 Å². The average molecular weight is 617 g/mol. The van der Waals surface area contributed by atoms with Gasteiger partial charge in [0.25, 0.3) is 5.91 Å². The number of piperidine rings is 1. The van der Waals surface area contributed by atoms with Gasteiger partial charge in [-0.1, -0.05) is 25.1 Å². The number of pyridine rings is 1. The summed E-state index contributed by atoms with van der Waals surface area (Å²) in [5.74, 6) is 0.431. The Labute approximate surface area is 246 Å². The molecule has 3 aliphatic rings. The summed E-state index contributed by atoms with van der Waals surface area (Å²) in [6.45, 7) is 7.23. The molecule has 1 amide bonds. The van der Waals surface area contributed by atoms with Gasteiger partial charge in [0.1, 0.15) is 5.82 Å². The fraction of sp³-hybridized carbons (Fsp3) is 0.448. The highest BCUT2D eigenvalue weighted by Gasteiger charge is 2.41. The number of sulfone groups is 1. The number of anilines is 1. The Kier molecular flexibility index (Phi) is 8.76. The predicted octanol–water partition coefficient (Wildman–Crippen LogP) is 3.16. The molecule has 0 saturated carbocycles. The summed E-state index contributed by atoms with van der Waals surface area (Å²) in [6, 6.07) is 8.77. The first-order valence-corrected chi connectivity index (χ1v) is 17.3. The van der Waals surface area contributed by atoms with Gasteiger partial charge in [0.15, 0.2) is 9.84 Å². The van der Waals surface area contributed by atoms with E-state index in [-0.39, 0.29) is 41.2 Å². The van der Waals surface area contributed by atoms with Gasteiger partial charge in [-0.25, -0.2) is 18.0 Å². The van der Waals surface area contributed by atoms with Crippen LogP contribution in [-0.4, -0.2) is 78.1 Å². The van der Waals surface area contributed by atoms with Crippen LogP contribution in [0.2, 0.25) is 0 Å². The molecule has 42 heavy (non-hydrogen) atoms. The normalized spacial score (nSPS) is 21.4. The molecule has 4 N–H and O–H groups in total. The largest absolute Gasteiger partial charge is 0.469 e. The van der Waals surface area contributed by atoms with E-state index in [4.69, 9.17) is 9.79 Å². The number of aryl methyl sites for hydroxylation is 1. The number of aromatic nitrogens is 1. The first-order chi connectivity index (χ1) is 19.9. The van der Waals surface area contributed by atoms with Crippen LogP contribution < -0.4 is 10.6 Å². The van der Waals surface area contributed by atoms with E-state index in [1.807, 2.05) is 26.0 Å². The Hall–Kier alpha value is -2.86. The number of hydrogen-bond donors (Lipinski definition) is 4. The van der Waals surface area contributed by atoms with Gasteiger partial charge in [0, 0.05) is 48.9 Å². The molecule has 2 aromatic rings. The highest BCUT2D eigenvalue weighted by Crippen LogP contribution is 2.49. The number of fused-ring (bicyclic) bond motifs is 3. The number of amides is 1. The zero-order valence-electron chi connectivity index (χ0n) is 23.9. The van der Waals surface area contributed by atoms with Crippen molar-refractivity contribution in [2.45, 2.75) is 56.5 Å². The second-order valence-electron chi connectivity index (χ2n) is 11.1. The van der Waals surface area contributed by atoms with Crippen molar-refractivity contribution in [2.24, 2.45) is 0 Å². The lowest BCUT2D eigenvalue weighted by Gasteiger charge is -2.34. The molecule has 3 heterocycles. The highest BCUT2D eigenvalue weighted by atomic mass is 32.2. The summed E-state index contributed by atoms with van der Waals surface area (Å²) < 4.78 is 40.9. The number of carbonyl (C=O) groups excluding carboxylic acids is 1. The number of nitrogens with one attached hydrogen (secondary N) is 2. The minimum atomic E-state index is -4.49. The van der Waals surface area contributed by atoms with Crippen LogP contribution in [0.4, 0.5) is 5.82 Å². The van der Waals surface area contributed by atoms with Crippen molar-refractivity contribution in [1.82, 2.24) is 15.2 Å². The second kappa shape index (κ2) is 12.0. The van der Waals surface area contributed by atoms with Crippen LogP contribution in [0.25, 0.3) is 5.57 Å². The quantitative estimate of drug-likeness (QED) is 0.309. The highest BCUT2D eigenvalue weighted by molar-refractivity contribution is 7.91. The topological polar surface area (TPSA) is 158 Å². The molecule has 2 aliphatic heterocycles. The van der Waals surface area contributed by atoms with E-state index in [9.17, 15) is 17.8 Å². The van der Waals surface area contributed by atoms with Gasteiger partial charge in [0.2, 0.25) is 0 Å². The minimum absolute atomic E-state index is 0.00274. The fourth-order valence-corrected chi connectivity index (χ4v) is 7.23. The predicted molar refractivity (Wildman–Crippen MR) is 160 cm³/mol. The summed E-state index contributed by atoms with van der Waals surface area (Å²) in [6.07, 6.45) is 5.09. The van der Waals surface area contributed by atoms with E-state index in [1.54, 1.807) is 31.3 Å². The second-order valence-corrected chi connectivity index (χ2v) is 14.6. The van der Waals surface area contributed by atoms with E-state index in [1.165, 1.54) is 0 Å². The molecule has 0 spiro atoms. The van der Waals surface area contributed by atoms with Gasteiger partial charge in [-0.05, 0) is 67.2 Å². The number of hydrogen-bond acceptors (Lipinski definition) is 8. The molecule has 2 atom stereocenters. The molecule has 226 valence electrons. The maximum atomic E-state index is 13.7. The SMILES string of the molecule is CCS(=O)(=O)c1cccc(C2=CC(C(=O)NC3CCN(CCOP(=O)(O)O)CC3)=C(C)C3Nc4ncc(C)cc4C23)c1. The van der Waals surface area contributed by atoms with Gasteiger partial charge in [-0.3, -0.25) is 9.32 Å². The van der Waals surface area contributed by atoms with E-state index in [0.717, 1.165) is 33.7 Å². The summed E-state index contributed by atoms with van der Waals surface area (Å²) >= 11 is 0. The van der Waals surface area contributed by atoms with Crippen LogP contribution in [0.3, 0.4) is 0 Å². The van der Waals surface area contributed by atoms with Gasteiger partial charge < -0.3 is 25.3 Å². The third kappa shape index (κ3) is 6.54. The van der Waals surface area contributed by atoms with Crippen molar-refractivity contribution < 1.29 is 32.1 Å². The smallest absolute Gasteiger partial charge is 0.362 e. The molecule has 1 aromatic carbocycles. The fourth-order valence-electron chi connectivity index (χ4n) is 5.99.